The van der Waals surface area contributed by atoms with Gasteiger partial charge in [0.05, 0.1) is 24.5 Å². The highest BCUT2D eigenvalue weighted by atomic mass is 19.4. The third kappa shape index (κ3) is 5.66. The second kappa shape index (κ2) is 9.01. The van der Waals surface area contributed by atoms with Crippen molar-refractivity contribution < 1.29 is 26.7 Å². The van der Waals surface area contributed by atoms with E-state index >= 15 is 0 Å². The fourth-order valence-corrected chi connectivity index (χ4v) is 2.64. The molecule has 1 aliphatic heterocycles. The van der Waals surface area contributed by atoms with Gasteiger partial charge in [0.1, 0.15) is 11.6 Å². The minimum Gasteiger partial charge on any atom is -0.477 e. The van der Waals surface area contributed by atoms with Crippen LogP contribution in [0.4, 0.5) is 22.0 Å². The molecule has 3 rings (SSSR count). The Morgan fingerprint density at radius 3 is 2.50 bits per heavy atom. The van der Waals surface area contributed by atoms with Crippen LogP contribution < -0.4 is 15.8 Å². The van der Waals surface area contributed by atoms with Crippen molar-refractivity contribution in [3.05, 3.63) is 53.7 Å². The number of nitrogens with two attached hydrogens (primary N) is 1. The van der Waals surface area contributed by atoms with E-state index < -0.39 is 24.4 Å². The predicted molar refractivity (Wildman–Crippen MR) is 96.6 cm³/mol. The molecule has 9 heteroatoms. The largest absolute Gasteiger partial charge is 0.477 e. The number of ether oxygens (including phenoxy) is 1. The molecular formula is C19H20F5N3O. The molecule has 1 aromatic carbocycles. The number of fused-ring (bicyclic) bond motifs is 1. The van der Waals surface area contributed by atoms with E-state index in [0.29, 0.717) is 29.3 Å². The first-order chi connectivity index (χ1) is 13.1. The molecule has 28 heavy (non-hydrogen) atoms. The van der Waals surface area contributed by atoms with E-state index in [4.69, 9.17) is 10.5 Å². The summed E-state index contributed by atoms with van der Waals surface area (Å²) in [6.45, 7) is 3.30. The lowest BCUT2D eigenvalue weighted by Gasteiger charge is -2.21. The first kappa shape index (κ1) is 21.6. The van der Waals surface area contributed by atoms with E-state index in [-0.39, 0.29) is 5.70 Å². The maximum atomic E-state index is 14.1. The van der Waals surface area contributed by atoms with Gasteiger partial charge >= 0.3 is 6.18 Å². The van der Waals surface area contributed by atoms with Crippen LogP contribution in [0.15, 0.2) is 30.8 Å². The summed E-state index contributed by atoms with van der Waals surface area (Å²) in [5.74, 6) is -0.787. The highest BCUT2D eigenvalue weighted by molar-refractivity contribution is 5.74. The van der Waals surface area contributed by atoms with Gasteiger partial charge in [-0.1, -0.05) is 6.58 Å². The molecule has 0 amide bonds. The van der Waals surface area contributed by atoms with E-state index in [1.165, 1.54) is 19.2 Å². The van der Waals surface area contributed by atoms with Crippen LogP contribution >= 0.6 is 0 Å². The average Bonchev–Trinajstić information content (AvgIpc) is 2.60. The van der Waals surface area contributed by atoms with E-state index in [1.807, 2.05) is 5.32 Å². The molecule has 0 saturated heterocycles. The Kier molecular flexibility index (Phi) is 6.95. The molecule has 0 atom stereocenters. The quantitative estimate of drug-likeness (QED) is 0.762. The second-order valence-electron chi connectivity index (χ2n) is 6.09. The summed E-state index contributed by atoms with van der Waals surface area (Å²) >= 11 is 0. The SMILES string of the molecule is C=C(N)c1cc(-c2ccc(F)cc2F)c2c(n1)OCCC2.CNCC(F)(F)F. The minimum absolute atomic E-state index is 0.274. The molecule has 0 unspecified atom stereocenters. The number of aromatic nitrogens is 1. The van der Waals surface area contributed by atoms with Gasteiger partial charge < -0.3 is 15.8 Å². The topological polar surface area (TPSA) is 60.2 Å². The van der Waals surface area contributed by atoms with E-state index in [1.54, 1.807) is 6.07 Å². The number of nitrogens with zero attached hydrogens (tertiary/aromatic N) is 1. The van der Waals surface area contributed by atoms with Crippen molar-refractivity contribution in [2.75, 3.05) is 20.2 Å². The van der Waals surface area contributed by atoms with Crippen molar-refractivity contribution in [3.63, 3.8) is 0 Å². The van der Waals surface area contributed by atoms with Gasteiger partial charge in [0, 0.05) is 17.2 Å². The van der Waals surface area contributed by atoms with Gasteiger partial charge in [-0.2, -0.15) is 13.2 Å². The van der Waals surface area contributed by atoms with Crippen molar-refractivity contribution in [2.45, 2.75) is 19.0 Å². The minimum atomic E-state index is -4.06. The van der Waals surface area contributed by atoms with Crippen molar-refractivity contribution in [1.29, 1.82) is 0 Å². The molecule has 2 aromatic rings. The highest BCUT2D eigenvalue weighted by Gasteiger charge is 2.25. The Balaban J connectivity index is 0.000000345. The third-order valence-electron chi connectivity index (χ3n) is 3.82. The van der Waals surface area contributed by atoms with Crippen LogP contribution in [0.3, 0.4) is 0 Å². The zero-order chi connectivity index (χ0) is 20.9. The number of hydrogen-bond acceptors (Lipinski definition) is 4. The molecule has 0 spiro atoms. The van der Waals surface area contributed by atoms with Crippen LogP contribution in [0.1, 0.15) is 17.7 Å². The Morgan fingerprint density at radius 1 is 1.25 bits per heavy atom. The van der Waals surface area contributed by atoms with E-state index in [9.17, 15) is 22.0 Å². The van der Waals surface area contributed by atoms with Gasteiger partial charge in [-0.25, -0.2) is 13.8 Å². The van der Waals surface area contributed by atoms with Crippen molar-refractivity contribution >= 4 is 5.70 Å². The number of hydrogen-bond donors (Lipinski definition) is 2. The molecule has 1 aromatic heterocycles. The average molecular weight is 401 g/mol. The number of benzene rings is 1. The Hall–Kier alpha value is -2.68. The van der Waals surface area contributed by atoms with Gasteiger partial charge in [0.2, 0.25) is 5.88 Å². The lowest BCUT2D eigenvalue weighted by Crippen LogP contribution is -2.25. The summed E-state index contributed by atoms with van der Waals surface area (Å²) < 4.78 is 65.7. The number of nitrogens with one attached hydrogen (secondary N) is 1. The molecule has 152 valence electrons. The fraction of sp³-hybridized carbons (Fsp3) is 0.316. The molecule has 0 radical (unpaired) electrons. The van der Waals surface area contributed by atoms with Gasteiger partial charge in [-0.15, -0.1) is 0 Å². The maximum absolute atomic E-state index is 14.1. The summed E-state index contributed by atoms with van der Waals surface area (Å²) in [4.78, 5) is 4.30. The molecule has 2 heterocycles. The molecule has 0 aliphatic carbocycles. The third-order valence-corrected chi connectivity index (χ3v) is 3.82. The Morgan fingerprint density at radius 2 is 1.96 bits per heavy atom. The first-order valence-corrected chi connectivity index (χ1v) is 8.40. The molecule has 0 saturated carbocycles. The standard InChI is InChI=1S/C16H14F2N2O.C3H6F3N/c1-9(19)15-8-13(11-5-4-10(17)7-14(11)18)12-3-2-6-21-16(12)20-15;1-7-2-3(4,5)6/h4-5,7-8H,1-3,6,19H2;7H,2H2,1H3. The molecule has 3 N–H and O–H groups in total. The number of pyridine rings is 1. The van der Waals surface area contributed by atoms with Crippen LogP contribution in [0.25, 0.3) is 16.8 Å². The fourth-order valence-electron chi connectivity index (χ4n) is 2.64. The number of rotatable bonds is 3. The van der Waals surface area contributed by atoms with Gasteiger partial charge in [0.15, 0.2) is 0 Å². The molecule has 1 aliphatic rings. The van der Waals surface area contributed by atoms with E-state index in [2.05, 4.69) is 11.6 Å². The maximum Gasteiger partial charge on any atom is 0.401 e. The zero-order valence-corrected chi connectivity index (χ0v) is 15.2. The zero-order valence-electron chi connectivity index (χ0n) is 15.2. The van der Waals surface area contributed by atoms with Crippen molar-refractivity contribution in [3.8, 4) is 17.0 Å². The predicted octanol–water partition coefficient (Wildman–Crippen LogP) is 4.05. The summed E-state index contributed by atoms with van der Waals surface area (Å²) in [6.07, 6.45) is -2.51. The first-order valence-electron chi connectivity index (χ1n) is 8.40. The lowest BCUT2D eigenvalue weighted by atomic mass is 9.95. The summed E-state index contributed by atoms with van der Waals surface area (Å²) in [6, 6.07) is 5.18. The monoisotopic (exact) mass is 401 g/mol. The molecule has 4 nitrogen and oxygen atoms in total. The number of alkyl halides is 3. The van der Waals surface area contributed by atoms with Gasteiger partial charge in [-0.05, 0) is 43.7 Å². The smallest absolute Gasteiger partial charge is 0.401 e. The van der Waals surface area contributed by atoms with Crippen LogP contribution in [-0.2, 0) is 6.42 Å². The van der Waals surface area contributed by atoms with Crippen LogP contribution in [0.2, 0.25) is 0 Å². The normalized spacial score (nSPS) is 13.1. The van der Waals surface area contributed by atoms with Crippen LogP contribution in [0.5, 0.6) is 5.88 Å². The van der Waals surface area contributed by atoms with Gasteiger partial charge in [-0.3, -0.25) is 0 Å². The Bertz CT molecular complexity index is 852. The summed E-state index contributed by atoms with van der Waals surface area (Å²) in [7, 11) is 1.26. The molecule has 0 bridgehead atoms. The van der Waals surface area contributed by atoms with Crippen LogP contribution in [0, 0.1) is 11.6 Å². The van der Waals surface area contributed by atoms with E-state index in [0.717, 1.165) is 24.5 Å². The Labute approximate surface area is 159 Å². The van der Waals surface area contributed by atoms with Crippen molar-refractivity contribution in [2.24, 2.45) is 5.73 Å². The lowest BCUT2D eigenvalue weighted by molar-refractivity contribution is -0.123. The number of halogens is 5. The molecule has 0 fully saturated rings. The van der Waals surface area contributed by atoms with Gasteiger partial charge in [0.25, 0.3) is 0 Å². The van der Waals surface area contributed by atoms with Crippen LogP contribution in [-0.4, -0.2) is 31.4 Å². The second-order valence-corrected chi connectivity index (χ2v) is 6.09. The summed E-state index contributed by atoms with van der Waals surface area (Å²) in [5, 5.41) is 1.98. The summed E-state index contributed by atoms with van der Waals surface area (Å²) in [5.41, 5.74) is 8.15. The van der Waals surface area contributed by atoms with Crippen molar-refractivity contribution in [1.82, 2.24) is 10.3 Å². The molecular weight excluding hydrogens is 381 g/mol. The highest BCUT2D eigenvalue weighted by Crippen LogP contribution is 2.35.